The second-order valence-corrected chi connectivity index (χ2v) is 9.20. The third-order valence-corrected chi connectivity index (χ3v) is 7.22. The fourth-order valence-electron chi connectivity index (χ4n) is 4.78. The topological polar surface area (TPSA) is 57.1 Å². The number of aromatic nitrogens is 3. The van der Waals surface area contributed by atoms with E-state index < -0.39 is 0 Å². The number of nitrogens with zero attached hydrogens (tertiary/aromatic N) is 3. The van der Waals surface area contributed by atoms with Gasteiger partial charge in [-0.1, -0.05) is 25.4 Å². The van der Waals surface area contributed by atoms with Crippen molar-refractivity contribution in [2.24, 2.45) is 11.8 Å². The lowest BCUT2D eigenvalue weighted by Gasteiger charge is -2.36. The Bertz CT molecular complexity index is 832. The van der Waals surface area contributed by atoms with Gasteiger partial charge in [0.1, 0.15) is 11.0 Å². The number of hydrogen-bond acceptors (Lipinski definition) is 5. The summed E-state index contributed by atoms with van der Waals surface area (Å²) in [5, 5.41) is 1.30. The maximum atomic E-state index is 6.22. The van der Waals surface area contributed by atoms with Crippen LogP contribution in [-0.4, -0.2) is 34.0 Å². The van der Waals surface area contributed by atoms with Crippen LogP contribution in [0.3, 0.4) is 0 Å². The van der Waals surface area contributed by atoms with Crippen LogP contribution >= 0.6 is 11.6 Å². The van der Waals surface area contributed by atoms with Crippen molar-refractivity contribution in [1.82, 2.24) is 15.0 Å². The number of aryl methyl sites for hydroxylation is 1. The zero-order valence-electron chi connectivity index (χ0n) is 17.7. The first-order valence-corrected chi connectivity index (χ1v) is 11.5. The van der Waals surface area contributed by atoms with Gasteiger partial charge in [-0.05, 0) is 69.3 Å². The van der Waals surface area contributed by atoms with Gasteiger partial charge in [0.05, 0.1) is 17.0 Å². The van der Waals surface area contributed by atoms with E-state index in [9.17, 15) is 0 Å². The predicted molar refractivity (Wildman–Crippen MR) is 115 cm³/mol. The van der Waals surface area contributed by atoms with E-state index in [1.165, 1.54) is 25.7 Å². The molecule has 6 heteroatoms. The molecule has 3 heterocycles. The Morgan fingerprint density at radius 2 is 1.86 bits per heavy atom. The maximum Gasteiger partial charge on any atom is 0.157 e. The van der Waals surface area contributed by atoms with Crippen molar-refractivity contribution in [2.45, 2.75) is 84.0 Å². The van der Waals surface area contributed by atoms with E-state index in [1.807, 2.05) is 13.1 Å². The van der Waals surface area contributed by atoms with Gasteiger partial charge in [-0.15, -0.1) is 0 Å². The predicted octanol–water partition coefficient (Wildman–Crippen LogP) is 5.83. The van der Waals surface area contributed by atoms with Gasteiger partial charge in [0.25, 0.3) is 0 Å². The molecule has 4 rings (SSSR count). The van der Waals surface area contributed by atoms with E-state index in [4.69, 9.17) is 26.1 Å². The van der Waals surface area contributed by atoms with Gasteiger partial charge in [-0.25, -0.2) is 15.0 Å². The van der Waals surface area contributed by atoms with Crippen molar-refractivity contribution in [3.63, 3.8) is 0 Å². The summed E-state index contributed by atoms with van der Waals surface area (Å²) in [4.78, 5) is 13.7. The minimum Gasteiger partial charge on any atom is -0.353 e. The standard InChI is InChI=1S/C23H32ClN3O2/c1-14-12-25-22(24)19-13-26-23(27-21(14)19)16(3)15(2)17-7-9-18(10-8-17)29-20-6-4-5-11-28-20/h12-13,15-18,20H,4-11H2,1-3H3/t15-,16?,17?,18?,20?/m1/s1. The Balaban J connectivity index is 1.37. The summed E-state index contributed by atoms with van der Waals surface area (Å²) in [7, 11) is 0. The molecule has 2 aromatic heterocycles. The van der Waals surface area contributed by atoms with Crippen LogP contribution < -0.4 is 0 Å². The van der Waals surface area contributed by atoms with Crippen molar-refractivity contribution >= 4 is 22.5 Å². The van der Waals surface area contributed by atoms with Crippen LogP contribution in [0, 0.1) is 18.8 Å². The largest absolute Gasteiger partial charge is 0.353 e. The Morgan fingerprint density at radius 1 is 1.07 bits per heavy atom. The number of ether oxygens (including phenoxy) is 2. The maximum absolute atomic E-state index is 6.22. The van der Waals surface area contributed by atoms with Crippen molar-refractivity contribution in [3.05, 3.63) is 28.9 Å². The van der Waals surface area contributed by atoms with Crippen molar-refractivity contribution in [2.75, 3.05) is 6.61 Å². The molecule has 0 amide bonds. The molecule has 2 aromatic rings. The molecular weight excluding hydrogens is 386 g/mol. The molecule has 5 nitrogen and oxygen atoms in total. The first-order valence-electron chi connectivity index (χ1n) is 11.1. The molecule has 1 aliphatic heterocycles. The van der Waals surface area contributed by atoms with Crippen LogP contribution in [0.25, 0.3) is 10.9 Å². The molecule has 2 fully saturated rings. The quantitative estimate of drug-likeness (QED) is 0.573. The van der Waals surface area contributed by atoms with E-state index in [0.717, 1.165) is 48.2 Å². The van der Waals surface area contributed by atoms with Gasteiger partial charge in [-0.3, -0.25) is 0 Å². The summed E-state index contributed by atoms with van der Waals surface area (Å²) >= 11 is 6.22. The SMILES string of the molecule is Cc1cnc(Cl)c2cnc(C(C)[C@@H](C)C3CCC(OC4CCCCO4)CC3)nc12. The van der Waals surface area contributed by atoms with Gasteiger partial charge in [0.2, 0.25) is 0 Å². The van der Waals surface area contributed by atoms with E-state index in [2.05, 4.69) is 23.8 Å². The summed E-state index contributed by atoms with van der Waals surface area (Å²) in [5.41, 5.74) is 1.95. The number of hydrogen-bond donors (Lipinski definition) is 0. The van der Waals surface area contributed by atoms with Crippen molar-refractivity contribution < 1.29 is 9.47 Å². The van der Waals surface area contributed by atoms with E-state index in [0.29, 0.717) is 29.0 Å². The average molecular weight is 418 g/mol. The zero-order chi connectivity index (χ0) is 20.4. The van der Waals surface area contributed by atoms with Gasteiger partial charge in [-0.2, -0.15) is 0 Å². The summed E-state index contributed by atoms with van der Waals surface area (Å²) in [6.45, 7) is 7.47. The second-order valence-electron chi connectivity index (χ2n) is 8.84. The molecule has 158 valence electrons. The first kappa shape index (κ1) is 21.0. The van der Waals surface area contributed by atoms with Gasteiger partial charge in [0.15, 0.2) is 6.29 Å². The lowest BCUT2D eigenvalue weighted by atomic mass is 9.74. The lowest BCUT2D eigenvalue weighted by Crippen LogP contribution is -2.32. The molecule has 2 unspecified atom stereocenters. The van der Waals surface area contributed by atoms with Crippen molar-refractivity contribution in [3.8, 4) is 0 Å². The average Bonchev–Trinajstić information content (AvgIpc) is 2.76. The molecule has 3 atom stereocenters. The van der Waals surface area contributed by atoms with Crippen molar-refractivity contribution in [1.29, 1.82) is 0 Å². The normalized spacial score (nSPS) is 27.7. The summed E-state index contributed by atoms with van der Waals surface area (Å²) in [6.07, 6.45) is 12.1. The van der Waals surface area contributed by atoms with Gasteiger partial charge in [0, 0.05) is 24.9 Å². The Hall–Kier alpha value is -1.30. The van der Waals surface area contributed by atoms with Crippen LogP contribution in [-0.2, 0) is 9.47 Å². The van der Waals surface area contributed by atoms with Crippen LogP contribution in [0.5, 0.6) is 0 Å². The van der Waals surface area contributed by atoms with E-state index in [-0.39, 0.29) is 6.29 Å². The van der Waals surface area contributed by atoms with E-state index >= 15 is 0 Å². The third-order valence-electron chi connectivity index (χ3n) is 6.92. The van der Waals surface area contributed by atoms with Gasteiger partial charge >= 0.3 is 0 Å². The zero-order valence-corrected chi connectivity index (χ0v) is 18.5. The third kappa shape index (κ3) is 4.73. The summed E-state index contributed by atoms with van der Waals surface area (Å²) in [6, 6.07) is 0. The highest BCUT2D eigenvalue weighted by atomic mass is 35.5. The van der Waals surface area contributed by atoms with E-state index in [1.54, 1.807) is 6.20 Å². The second kappa shape index (κ2) is 9.23. The van der Waals surface area contributed by atoms with Crippen LogP contribution in [0.1, 0.15) is 76.1 Å². The molecule has 1 aliphatic carbocycles. The molecule has 0 N–H and O–H groups in total. The fraction of sp³-hybridized carbons (Fsp3) is 0.696. The fourth-order valence-corrected chi connectivity index (χ4v) is 4.96. The monoisotopic (exact) mass is 417 g/mol. The van der Waals surface area contributed by atoms with Gasteiger partial charge < -0.3 is 9.47 Å². The lowest BCUT2D eigenvalue weighted by molar-refractivity contribution is -0.195. The minimum absolute atomic E-state index is 0.0252. The summed E-state index contributed by atoms with van der Waals surface area (Å²) in [5.74, 6) is 2.41. The molecule has 0 bridgehead atoms. The minimum atomic E-state index is 0.0252. The Labute approximate surface area is 178 Å². The summed E-state index contributed by atoms with van der Waals surface area (Å²) < 4.78 is 12.0. The number of rotatable bonds is 5. The van der Waals surface area contributed by atoms with Crippen LogP contribution in [0.2, 0.25) is 5.15 Å². The van der Waals surface area contributed by atoms with Crippen LogP contribution in [0.15, 0.2) is 12.4 Å². The first-order chi connectivity index (χ1) is 14.0. The molecule has 2 aliphatic rings. The highest BCUT2D eigenvalue weighted by Crippen LogP contribution is 2.38. The molecule has 0 spiro atoms. The van der Waals surface area contributed by atoms with Crippen LogP contribution in [0.4, 0.5) is 0 Å². The molecule has 1 saturated carbocycles. The molecule has 0 radical (unpaired) electrons. The molecule has 1 saturated heterocycles. The Morgan fingerprint density at radius 3 is 2.59 bits per heavy atom. The number of pyridine rings is 1. The number of halogens is 1. The highest BCUT2D eigenvalue weighted by molar-refractivity contribution is 6.34. The smallest absolute Gasteiger partial charge is 0.157 e. The molecule has 0 aromatic carbocycles. The molecular formula is C23H32ClN3O2. The Kier molecular flexibility index (Phi) is 6.67. The highest BCUT2D eigenvalue weighted by Gasteiger charge is 2.31. The molecule has 29 heavy (non-hydrogen) atoms. The number of fused-ring (bicyclic) bond motifs is 1.